The van der Waals surface area contributed by atoms with Gasteiger partial charge in [0.1, 0.15) is 0 Å². The molecule has 3 nitrogen and oxygen atoms in total. The van der Waals surface area contributed by atoms with Gasteiger partial charge in [0.15, 0.2) is 5.78 Å². The van der Waals surface area contributed by atoms with Gasteiger partial charge >= 0.3 is 0 Å². The topological polar surface area (TPSA) is 46.2 Å². The van der Waals surface area contributed by atoms with Crippen LogP contribution in [-0.2, 0) is 12.8 Å². The summed E-state index contributed by atoms with van der Waals surface area (Å²) in [5.41, 5.74) is 4.10. The molecule has 0 aromatic heterocycles. The third kappa shape index (κ3) is 5.13. The standard InChI is InChI=1S/C28H22ClNO2/c29-23-17-18-26(25(19-23)27(31)22-12-5-2-6-13-22)30-28(32)24-14-8-7-11-21(24)16-15-20-9-3-1-4-10-20/h1-14,17-19H,15-16H2,(H,30,32). The van der Waals surface area contributed by atoms with E-state index in [9.17, 15) is 9.59 Å². The predicted molar refractivity (Wildman–Crippen MR) is 130 cm³/mol. The first-order valence-electron chi connectivity index (χ1n) is 10.4. The quantitative estimate of drug-likeness (QED) is 0.329. The van der Waals surface area contributed by atoms with E-state index in [1.807, 2.05) is 48.5 Å². The lowest BCUT2D eigenvalue weighted by atomic mass is 9.98. The lowest BCUT2D eigenvalue weighted by Crippen LogP contribution is -2.17. The summed E-state index contributed by atoms with van der Waals surface area (Å²) in [7, 11) is 0. The van der Waals surface area contributed by atoms with Crippen molar-refractivity contribution in [1.29, 1.82) is 0 Å². The number of aryl methyl sites for hydroxylation is 2. The zero-order valence-electron chi connectivity index (χ0n) is 17.4. The van der Waals surface area contributed by atoms with Crippen molar-refractivity contribution < 1.29 is 9.59 Å². The highest BCUT2D eigenvalue weighted by molar-refractivity contribution is 6.31. The first-order valence-corrected chi connectivity index (χ1v) is 10.8. The Bertz CT molecular complexity index is 1240. The van der Waals surface area contributed by atoms with Gasteiger partial charge in [-0.3, -0.25) is 9.59 Å². The number of carbonyl (C=O) groups is 2. The van der Waals surface area contributed by atoms with Crippen molar-refractivity contribution in [2.24, 2.45) is 0 Å². The van der Waals surface area contributed by atoms with Gasteiger partial charge in [0.25, 0.3) is 5.91 Å². The van der Waals surface area contributed by atoms with Gasteiger partial charge in [-0.2, -0.15) is 0 Å². The van der Waals surface area contributed by atoms with Gasteiger partial charge in [-0.15, -0.1) is 0 Å². The van der Waals surface area contributed by atoms with Crippen LogP contribution in [0.5, 0.6) is 0 Å². The molecule has 4 aromatic carbocycles. The van der Waals surface area contributed by atoms with Gasteiger partial charge in [-0.25, -0.2) is 0 Å². The lowest BCUT2D eigenvalue weighted by Gasteiger charge is -2.13. The van der Waals surface area contributed by atoms with Crippen molar-refractivity contribution in [3.8, 4) is 0 Å². The molecule has 0 heterocycles. The number of nitrogens with one attached hydrogen (secondary N) is 1. The molecule has 0 aliphatic carbocycles. The molecule has 0 saturated carbocycles. The van der Waals surface area contributed by atoms with Crippen molar-refractivity contribution >= 4 is 29.0 Å². The Kier molecular flexibility index (Phi) is 6.78. The monoisotopic (exact) mass is 439 g/mol. The summed E-state index contributed by atoms with van der Waals surface area (Å²) in [6.45, 7) is 0. The van der Waals surface area contributed by atoms with Gasteiger partial charge in [0.05, 0.1) is 5.69 Å². The third-order valence-electron chi connectivity index (χ3n) is 5.30. The minimum atomic E-state index is -0.252. The molecule has 0 aliphatic heterocycles. The zero-order chi connectivity index (χ0) is 22.3. The van der Waals surface area contributed by atoms with E-state index in [1.165, 1.54) is 5.56 Å². The largest absolute Gasteiger partial charge is 0.321 e. The molecule has 32 heavy (non-hydrogen) atoms. The summed E-state index contributed by atoms with van der Waals surface area (Å²) in [4.78, 5) is 26.2. The van der Waals surface area contributed by atoms with E-state index in [0.717, 1.165) is 18.4 Å². The normalized spacial score (nSPS) is 10.5. The van der Waals surface area contributed by atoms with Crippen molar-refractivity contribution in [2.45, 2.75) is 12.8 Å². The second-order valence-electron chi connectivity index (χ2n) is 7.48. The van der Waals surface area contributed by atoms with E-state index in [0.29, 0.717) is 27.4 Å². The van der Waals surface area contributed by atoms with E-state index >= 15 is 0 Å². The average Bonchev–Trinajstić information content (AvgIpc) is 2.84. The molecule has 0 saturated heterocycles. The van der Waals surface area contributed by atoms with E-state index in [1.54, 1.807) is 42.5 Å². The molecule has 1 amide bonds. The maximum Gasteiger partial charge on any atom is 0.255 e. The van der Waals surface area contributed by atoms with Gasteiger partial charge in [0, 0.05) is 21.7 Å². The molecular weight excluding hydrogens is 418 g/mol. The molecule has 0 fully saturated rings. The van der Waals surface area contributed by atoms with Crippen molar-refractivity contribution in [1.82, 2.24) is 0 Å². The van der Waals surface area contributed by atoms with Crippen LogP contribution < -0.4 is 5.32 Å². The highest BCUT2D eigenvalue weighted by Crippen LogP contribution is 2.25. The van der Waals surface area contributed by atoms with Gasteiger partial charge in [-0.1, -0.05) is 90.5 Å². The highest BCUT2D eigenvalue weighted by Gasteiger charge is 2.18. The van der Waals surface area contributed by atoms with Crippen molar-refractivity contribution in [2.75, 3.05) is 5.32 Å². The Morgan fingerprint density at radius 3 is 2.09 bits per heavy atom. The molecule has 4 heteroatoms. The Labute approximate surface area is 192 Å². The van der Waals surface area contributed by atoms with Crippen LogP contribution in [-0.4, -0.2) is 11.7 Å². The second-order valence-corrected chi connectivity index (χ2v) is 7.92. The predicted octanol–water partition coefficient (Wildman–Crippen LogP) is 6.61. The molecule has 0 bridgehead atoms. The summed E-state index contributed by atoms with van der Waals surface area (Å²) >= 11 is 6.16. The third-order valence-corrected chi connectivity index (χ3v) is 5.53. The number of hydrogen-bond donors (Lipinski definition) is 1. The van der Waals surface area contributed by atoms with E-state index < -0.39 is 0 Å². The number of carbonyl (C=O) groups excluding carboxylic acids is 2. The van der Waals surface area contributed by atoms with Crippen LogP contribution in [0.1, 0.15) is 37.4 Å². The maximum atomic E-state index is 13.2. The van der Waals surface area contributed by atoms with Crippen LogP contribution in [0.25, 0.3) is 0 Å². The number of halogens is 1. The van der Waals surface area contributed by atoms with Crippen molar-refractivity contribution in [3.63, 3.8) is 0 Å². The van der Waals surface area contributed by atoms with Crippen LogP contribution >= 0.6 is 11.6 Å². The average molecular weight is 440 g/mol. The number of hydrogen-bond acceptors (Lipinski definition) is 2. The molecular formula is C28H22ClNO2. The van der Waals surface area contributed by atoms with Crippen molar-refractivity contribution in [3.05, 3.63) is 136 Å². The summed E-state index contributed by atoms with van der Waals surface area (Å²) in [6.07, 6.45) is 1.58. The fraction of sp³-hybridized carbons (Fsp3) is 0.0714. The Balaban J connectivity index is 1.58. The van der Waals surface area contributed by atoms with Crippen LogP contribution in [0.4, 0.5) is 5.69 Å². The molecule has 158 valence electrons. The lowest BCUT2D eigenvalue weighted by molar-refractivity contribution is 0.102. The maximum absolute atomic E-state index is 13.2. The fourth-order valence-corrected chi connectivity index (χ4v) is 3.80. The summed E-state index contributed by atoms with van der Waals surface area (Å²) in [6, 6.07) is 31.6. The van der Waals surface area contributed by atoms with Crippen LogP contribution in [0, 0.1) is 0 Å². The second kappa shape index (κ2) is 10.1. The molecule has 4 rings (SSSR count). The summed E-state index contributed by atoms with van der Waals surface area (Å²) in [5.74, 6) is -0.446. The fourth-order valence-electron chi connectivity index (χ4n) is 3.63. The minimum absolute atomic E-state index is 0.194. The van der Waals surface area contributed by atoms with E-state index in [4.69, 9.17) is 11.6 Å². The number of rotatable bonds is 7. The van der Waals surface area contributed by atoms with E-state index in [-0.39, 0.29) is 11.7 Å². The Morgan fingerprint density at radius 1 is 0.688 bits per heavy atom. The van der Waals surface area contributed by atoms with Crippen LogP contribution in [0.3, 0.4) is 0 Å². The molecule has 0 unspecified atom stereocenters. The van der Waals surface area contributed by atoms with Crippen LogP contribution in [0.2, 0.25) is 5.02 Å². The number of benzene rings is 4. The first-order chi connectivity index (χ1) is 15.6. The molecule has 0 radical (unpaired) electrons. The number of amides is 1. The van der Waals surface area contributed by atoms with Gasteiger partial charge < -0.3 is 5.32 Å². The minimum Gasteiger partial charge on any atom is -0.321 e. The number of anilines is 1. The van der Waals surface area contributed by atoms with Gasteiger partial charge in [0.2, 0.25) is 0 Å². The summed E-state index contributed by atoms with van der Waals surface area (Å²) in [5, 5.41) is 3.36. The molecule has 0 spiro atoms. The highest BCUT2D eigenvalue weighted by atomic mass is 35.5. The Morgan fingerprint density at radius 2 is 1.34 bits per heavy atom. The molecule has 0 atom stereocenters. The Hall–Kier alpha value is -3.69. The number of ketones is 1. The molecule has 0 aliphatic rings. The first kappa shape index (κ1) is 21.5. The molecule has 4 aromatic rings. The van der Waals surface area contributed by atoms with Crippen LogP contribution in [0.15, 0.2) is 103 Å². The SMILES string of the molecule is O=C(Nc1ccc(Cl)cc1C(=O)c1ccccc1)c1ccccc1CCc1ccccc1. The smallest absolute Gasteiger partial charge is 0.255 e. The summed E-state index contributed by atoms with van der Waals surface area (Å²) < 4.78 is 0. The van der Waals surface area contributed by atoms with E-state index in [2.05, 4.69) is 17.4 Å². The molecule has 1 N–H and O–H groups in total. The van der Waals surface area contributed by atoms with Gasteiger partial charge in [-0.05, 0) is 48.2 Å². The zero-order valence-corrected chi connectivity index (χ0v) is 18.2.